The summed E-state index contributed by atoms with van der Waals surface area (Å²) in [4.78, 5) is 19.0. The third-order valence-corrected chi connectivity index (χ3v) is 5.29. The number of ether oxygens (including phenoxy) is 1. The largest absolute Gasteiger partial charge is 0.495 e. The predicted octanol–water partition coefficient (Wildman–Crippen LogP) is 4.36. The average molecular weight is 382 g/mol. The van der Waals surface area contributed by atoms with Crippen LogP contribution < -0.4 is 10.1 Å². The van der Waals surface area contributed by atoms with E-state index in [0.29, 0.717) is 30.0 Å². The van der Waals surface area contributed by atoms with Crippen LogP contribution in [0.3, 0.4) is 0 Å². The molecular formula is C21H23FN4O2. The molecule has 2 aromatic carbocycles. The first kappa shape index (κ1) is 18.3. The summed E-state index contributed by atoms with van der Waals surface area (Å²) in [5.74, 6) is 1.23. The predicted molar refractivity (Wildman–Crippen MR) is 106 cm³/mol. The van der Waals surface area contributed by atoms with Gasteiger partial charge in [-0.25, -0.2) is 14.2 Å². The maximum absolute atomic E-state index is 13.5. The van der Waals surface area contributed by atoms with Gasteiger partial charge in [0.15, 0.2) is 0 Å². The lowest BCUT2D eigenvalue weighted by atomic mass is 10.0. The molecule has 0 spiro atoms. The molecule has 1 aliphatic heterocycles. The number of rotatable bonds is 3. The molecule has 2 amide bonds. The Morgan fingerprint density at radius 3 is 2.71 bits per heavy atom. The number of hydrogen-bond acceptors (Lipinski definition) is 3. The molecule has 6 nitrogen and oxygen atoms in total. The van der Waals surface area contributed by atoms with Gasteiger partial charge in [0.1, 0.15) is 17.4 Å². The second kappa shape index (κ2) is 7.50. The molecule has 0 unspecified atom stereocenters. The van der Waals surface area contributed by atoms with E-state index < -0.39 is 0 Å². The fraction of sp³-hybridized carbons (Fsp3) is 0.333. The lowest BCUT2D eigenvalue weighted by Crippen LogP contribution is -2.41. The number of amides is 2. The third kappa shape index (κ3) is 3.40. The second-order valence-corrected chi connectivity index (χ2v) is 7.01. The SMILES string of the molecule is COc1ccccc1NC(=O)N1CCC(n2c(C)nc3cc(F)ccc32)CC1. The van der Waals surface area contributed by atoms with Crippen LogP contribution in [-0.2, 0) is 0 Å². The van der Waals surface area contributed by atoms with Gasteiger partial charge in [0.2, 0.25) is 0 Å². The molecule has 0 atom stereocenters. The number of carbonyl (C=O) groups excluding carboxylic acids is 1. The zero-order chi connectivity index (χ0) is 19.7. The van der Waals surface area contributed by atoms with Gasteiger partial charge >= 0.3 is 6.03 Å². The number of methoxy groups -OCH3 is 1. The quantitative estimate of drug-likeness (QED) is 0.732. The van der Waals surface area contributed by atoms with Crippen LogP contribution in [0.15, 0.2) is 42.5 Å². The Hall–Kier alpha value is -3.09. The van der Waals surface area contributed by atoms with E-state index >= 15 is 0 Å². The van der Waals surface area contributed by atoms with Crippen molar-refractivity contribution in [2.24, 2.45) is 0 Å². The summed E-state index contributed by atoms with van der Waals surface area (Å²) in [6.07, 6.45) is 1.64. The molecule has 146 valence electrons. The number of fused-ring (bicyclic) bond motifs is 1. The zero-order valence-electron chi connectivity index (χ0n) is 16.0. The smallest absolute Gasteiger partial charge is 0.321 e. The Morgan fingerprint density at radius 1 is 1.21 bits per heavy atom. The Bertz CT molecular complexity index is 1010. The van der Waals surface area contributed by atoms with Gasteiger partial charge in [-0.1, -0.05) is 12.1 Å². The monoisotopic (exact) mass is 382 g/mol. The molecule has 3 aromatic rings. The standard InChI is InChI=1S/C21H23FN4O2/c1-14-23-18-13-15(22)7-8-19(18)26(14)16-9-11-25(12-10-16)21(27)24-17-5-3-4-6-20(17)28-2/h3-8,13,16H,9-12H2,1-2H3,(H,24,27). The van der Waals surface area contributed by atoms with Gasteiger partial charge in [-0.05, 0) is 44.0 Å². The van der Waals surface area contributed by atoms with Crippen molar-refractivity contribution in [1.29, 1.82) is 0 Å². The van der Waals surface area contributed by atoms with Crippen LogP contribution in [-0.4, -0.2) is 40.7 Å². The molecular weight excluding hydrogens is 359 g/mol. The Labute approximate surface area is 162 Å². The fourth-order valence-corrected chi connectivity index (χ4v) is 3.92. The van der Waals surface area contributed by atoms with Gasteiger partial charge in [-0.15, -0.1) is 0 Å². The minimum absolute atomic E-state index is 0.128. The Morgan fingerprint density at radius 2 is 1.96 bits per heavy atom. The molecule has 1 aliphatic rings. The Balaban J connectivity index is 1.45. The van der Waals surface area contributed by atoms with E-state index in [1.54, 1.807) is 13.2 Å². The first-order chi connectivity index (χ1) is 13.6. The molecule has 2 heterocycles. The van der Waals surface area contributed by atoms with E-state index in [0.717, 1.165) is 24.2 Å². The number of nitrogens with one attached hydrogen (secondary N) is 1. The maximum Gasteiger partial charge on any atom is 0.321 e. The Kier molecular flexibility index (Phi) is 4.90. The lowest BCUT2D eigenvalue weighted by Gasteiger charge is -2.33. The highest BCUT2D eigenvalue weighted by molar-refractivity contribution is 5.91. The van der Waals surface area contributed by atoms with E-state index in [1.807, 2.05) is 36.1 Å². The van der Waals surface area contributed by atoms with Crippen molar-refractivity contribution in [3.8, 4) is 5.75 Å². The van der Waals surface area contributed by atoms with E-state index in [4.69, 9.17) is 4.74 Å². The molecule has 1 fully saturated rings. The average Bonchev–Trinajstić information content (AvgIpc) is 3.03. The van der Waals surface area contributed by atoms with Crippen LogP contribution in [0.4, 0.5) is 14.9 Å². The van der Waals surface area contributed by atoms with E-state index in [-0.39, 0.29) is 17.9 Å². The van der Waals surface area contributed by atoms with Crippen molar-refractivity contribution in [1.82, 2.24) is 14.5 Å². The van der Waals surface area contributed by atoms with Gasteiger partial charge in [0, 0.05) is 25.2 Å². The number of likely N-dealkylation sites (tertiary alicyclic amines) is 1. The normalized spacial score (nSPS) is 15.0. The second-order valence-electron chi connectivity index (χ2n) is 7.01. The highest BCUT2D eigenvalue weighted by Gasteiger charge is 2.26. The summed E-state index contributed by atoms with van der Waals surface area (Å²) in [5, 5.41) is 2.93. The van der Waals surface area contributed by atoms with Gasteiger partial charge in [0.05, 0.1) is 23.8 Å². The van der Waals surface area contributed by atoms with Gasteiger partial charge in [-0.3, -0.25) is 0 Å². The topological polar surface area (TPSA) is 59.4 Å². The maximum atomic E-state index is 13.5. The number of nitrogens with zero attached hydrogens (tertiary/aromatic N) is 3. The summed E-state index contributed by atoms with van der Waals surface area (Å²) in [7, 11) is 1.58. The lowest BCUT2D eigenvalue weighted by molar-refractivity contribution is 0.184. The minimum Gasteiger partial charge on any atom is -0.495 e. The number of piperidine rings is 1. The van der Waals surface area contributed by atoms with E-state index in [9.17, 15) is 9.18 Å². The van der Waals surface area contributed by atoms with Crippen LogP contribution >= 0.6 is 0 Å². The summed E-state index contributed by atoms with van der Waals surface area (Å²) < 4.78 is 20.9. The van der Waals surface area contributed by atoms with Crippen LogP contribution in [0, 0.1) is 12.7 Å². The highest BCUT2D eigenvalue weighted by atomic mass is 19.1. The number of aromatic nitrogens is 2. The number of urea groups is 1. The summed E-state index contributed by atoms with van der Waals surface area (Å²) in [5.41, 5.74) is 2.28. The molecule has 28 heavy (non-hydrogen) atoms. The van der Waals surface area contributed by atoms with Crippen LogP contribution in [0.5, 0.6) is 5.75 Å². The number of hydrogen-bond donors (Lipinski definition) is 1. The van der Waals surface area contributed by atoms with Gasteiger partial charge < -0.3 is 19.5 Å². The third-order valence-electron chi connectivity index (χ3n) is 5.29. The number of imidazole rings is 1. The number of para-hydroxylation sites is 2. The summed E-state index contributed by atoms with van der Waals surface area (Å²) in [6, 6.07) is 12.2. The first-order valence-electron chi connectivity index (χ1n) is 9.40. The molecule has 7 heteroatoms. The molecule has 0 radical (unpaired) electrons. The molecule has 0 bridgehead atoms. The number of aryl methyl sites for hydroxylation is 1. The molecule has 0 saturated carbocycles. The number of halogens is 1. The number of anilines is 1. The molecule has 0 aliphatic carbocycles. The van der Waals surface area contributed by atoms with Crippen molar-refractivity contribution in [2.45, 2.75) is 25.8 Å². The highest BCUT2D eigenvalue weighted by Crippen LogP contribution is 2.30. The van der Waals surface area contributed by atoms with Crippen molar-refractivity contribution in [3.63, 3.8) is 0 Å². The van der Waals surface area contributed by atoms with Crippen molar-refractivity contribution >= 4 is 22.8 Å². The number of benzene rings is 2. The minimum atomic E-state index is -0.278. The first-order valence-corrected chi connectivity index (χ1v) is 9.40. The van der Waals surface area contributed by atoms with Crippen molar-refractivity contribution in [3.05, 3.63) is 54.1 Å². The molecule has 4 rings (SSSR count). The zero-order valence-corrected chi connectivity index (χ0v) is 16.0. The van der Waals surface area contributed by atoms with E-state index in [2.05, 4.69) is 14.9 Å². The fourth-order valence-electron chi connectivity index (χ4n) is 3.92. The summed E-state index contributed by atoms with van der Waals surface area (Å²) >= 11 is 0. The summed E-state index contributed by atoms with van der Waals surface area (Å²) in [6.45, 7) is 3.23. The van der Waals surface area contributed by atoms with Crippen LogP contribution in [0.2, 0.25) is 0 Å². The van der Waals surface area contributed by atoms with Crippen molar-refractivity contribution < 1.29 is 13.9 Å². The van der Waals surface area contributed by atoms with Gasteiger partial charge in [-0.2, -0.15) is 0 Å². The number of carbonyl (C=O) groups is 1. The van der Waals surface area contributed by atoms with Gasteiger partial charge in [0.25, 0.3) is 0 Å². The van der Waals surface area contributed by atoms with Crippen LogP contribution in [0.1, 0.15) is 24.7 Å². The molecule has 1 N–H and O–H groups in total. The van der Waals surface area contributed by atoms with Crippen LogP contribution in [0.25, 0.3) is 11.0 Å². The van der Waals surface area contributed by atoms with E-state index in [1.165, 1.54) is 12.1 Å². The molecule has 1 saturated heterocycles. The van der Waals surface area contributed by atoms with Crippen molar-refractivity contribution in [2.75, 3.05) is 25.5 Å². The molecule has 1 aromatic heterocycles.